The molecule has 0 atom stereocenters. The van der Waals surface area contributed by atoms with Crippen LogP contribution >= 0.6 is 11.3 Å². The Balaban J connectivity index is 1.77. The molecular weight excluding hydrogens is 345 g/mol. The number of halogens is 3. The zero-order valence-electron chi connectivity index (χ0n) is 12.3. The second-order valence-corrected chi connectivity index (χ2v) is 6.27. The molecule has 2 aromatic rings. The molecule has 0 saturated carbocycles. The highest BCUT2D eigenvalue weighted by Gasteiger charge is 2.23. The largest absolute Gasteiger partial charge is 0.380 e. The maximum absolute atomic E-state index is 13.6. The van der Waals surface area contributed by atoms with Gasteiger partial charge < -0.3 is 14.6 Å². The number of carbonyl (C=O) groups excluding carboxylic acids is 1. The SMILES string of the molecule is O=C(Nc1cc(F)c(=O)n(CC(F)F)c1)c1cc(C2COC2)cs1. The highest BCUT2D eigenvalue weighted by atomic mass is 32.1. The average molecular weight is 358 g/mol. The summed E-state index contributed by atoms with van der Waals surface area (Å²) in [6.45, 7) is 0.285. The van der Waals surface area contributed by atoms with E-state index in [1.807, 2.05) is 5.38 Å². The maximum atomic E-state index is 13.6. The summed E-state index contributed by atoms with van der Waals surface area (Å²) in [7, 11) is 0. The van der Waals surface area contributed by atoms with Gasteiger partial charge in [0.05, 0.1) is 30.3 Å². The molecule has 0 bridgehead atoms. The Labute approximate surface area is 138 Å². The molecule has 1 amide bonds. The van der Waals surface area contributed by atoms with E-state index in [2.05, 4.69) is 5.32 Å². The molecule has 1 aliphatic rings. The predicted molar refractivity (Wildman–Crippen MR) is 82.5 cm³/mol. The molecule has 0 aromatic carbocycles. The summed E-state index contributed by atoms with van der Waals surface area (Å²) in [6, 6.07) is 2.54. The van der Waals surface area contributed by atoms with Gasteiger partial charge in [-0.1, -0.05) is 0 Å². The van der Waals surface area contributed by atoms with Crippen molar-refractivity contribution in [1.82, 2.24) is 4.57 Å². The molecule has 1 fully saturated rings. The molecule has 128 valence electrons. The number of aromatic nitrogens is 1. The van der Waals surface area contributed by atoms with Crippen LogP contribution in [0.15, 0.2) is 28.5 Å². The molecule has 3 heterocycles. The van der Waals surface area contributed by atoms with Crippen LogP contribution < -0.4 is 10.9 Å². The van der Waals surface area contributed by atoms with Crippen molar-refractivity contribution in [3.05, 3.63) is 50.3 Å². The number of hydrogen-bond donors (Lipinski definition) is 1. The third-order valence-corrected chi connectivity index (χ3v) is 4.54. The molecule has 0 spiro atoms. The fourth-order valence-electron chi connectivity index (χ4n) is 2.26. The summed E-state index contributed by atoms with van der Waals surface area (Å²) < 4.78 is 44.1. The minimum Gasteiger partial charge on any atom is -0.380 e. The van der Waals surface area contributed by atoms with E-state index >= 15 is 0 Å². The molecule has 24 heavy (non-hydrogen) atoms. The van der Waals surface area contributed by atoms with Crippen molar-refractivity contribution in [3.8, 4) is 0 Å². The number of anilines is 1. The van der Waals surface area contributed by atoms with Crippen LogP contribution in [0.3, 0.4) is 0 Å². The normalized spacial score (nSPS) is 14.7. The first-order valence-electron chi connectivity index (χ1n) is 7.09. The van der Waals surface area contributed by atoms with E-state index in [9.17, 15) is 22.8 Å². The number of pyridine rings is 1. The summed E-state index contributed by atoms with van der Waals surface area (Å²) >= 11 is 1.23. The van der Waals surface area contributed by atoms with E-state index in [-0.39, 0.29) is 11.6 Å². The Bertz CT molecular complexity index is 815. The third kappa shape index (κ3) is 3.51. The second kappa shape index (κ2) is 6.78. The monoisotopic (exact) mass is 358 g/mol. The number of nitrogens with one attached hydrogen (secondary N) is 1. The minimum atomic E-state index is -2.81. The lowest BCUT2D eigenvalue weighted by atomic mass is 10.0. The predicted octanol–water partition coefficient (Wildman–Crippen LogP) is 2.68. The van der Waals surface area contributed by atoms with Crippen LogP contribution in [0.4, 0.5) is 18.9 Å². The Morgan fingerprint density at radius 3 is 2.79 bits per heavy atom. The lowest BCUT2D eigenvalue weighted by molar-refractivity contribution is 0.00857. The van der Waals surface area contributed by atoms with Crippen molar-refractivity contribution in [3.63, 3.8) is 0 Å². The molecule has 1 aliphatic heterocycles. The first kappa shape index (κ1) is 16.7. The molecule has 1 saturated heterocycles. The third-order valence-electron chi connectivity index (χ3n) is 3.59. The van der Waals surface area contributed by atoms with E-state index in [0.29, 0.717) is 22.7 Å². The van der Waals surface area contributed by atoms with E-state index < -0.39 is 30.3 Å². The van der Waals surface area contributed by atoms with Crippen LogP contribution in [0.2, 0.25) is 0 Å². The van der Waals surface area contributed by atoms with Gasteiger partial charge in [0.2, 0.25) is 0 Å². The highest BCUT2D eigenvalue weighted by molar-refractivity contribution is 7.12. The Morgan fingerprint density at radius 1 is 1.42 bits per heavy atom. The number of rotatable bonds is 5. The van der Waals surface area contributed by atoms with Crippen LogP contribution in [-0.4, -0.2) is 30.1 Å². The maximum Gasteiger partial charge on any atom is 0.286 e. The van der Waals surface area contributed by atoms with Crippen LogP contribution in [0.25, 0.3) is 0 Å². The molecule has 2 aromatic heterocycles. The quantitative estimate of drug-likeness (QED) is 0.894. The van der Waals surface area contributed by atoms with E-state index in [0.717, 1.165) is 17.8 Å². The summed E-state index contributed by atoms with van der Waals surface area (Å²) in [5.74, 6) is -1.42. The van der Waals surface area contributed by atoms with Gasteiger partial charge in [0.1, 0.15) is 0 Å². The molecule has 0 radical (unpaired) electrons. The van der Waals surface area contributed by atoms with Crippen molar-refractivity contribution in [2.24, 2.45) is 0 Å². The molecule has 0 aliphatic carbocycles. The second-order valence-electron chi connectivity index (χ2n) is 5.36. The minimum absolute atomic E-state index is 0.0559. The summed E-state index contributed by atoms with van der Waals surface area (Å²) in [4.78, 5) is 24.1. The first-order chi connectivity index (χ1) is 11.4. The van der Waals surface area contributed by atoms with E-state index in [1.165, 1.54) is 11.3 Å². The van der Waals surface area contributed by atoms with Gasteiger partial charge in [-0.3, -0.25) is 9.59 Å². The fourth-order valence-corrected chi connectivity index (χ4v) is 3.14. The number of thiophene rings is 1. The molecule has 0 unspecified atom stereocenters. The van der Waals surface area contributed by atoms with Gasteiger partial charge >= 0.3 is 0 Å². The standard InChI is InChI=1S/C15H13F3N2O3S/c16-11-2-10(3-20(15(11)22)4-13(17)18)19-14(21)12-1-8(7-24-12)9-5-23-6-9/h1-3,7,9,13H,4-6H2,(H,19,21). The molecule has 3 rings (SSSR count). The van der Waals surface area contributed by atoms with Crippen LogP contribution in [-0.2, 0) is 11.3 Å². The fraction of sp³-hybridized carbons (Fsp3) is 0.333. The summed E-state index contributed by atoms with van der Waals surface area (Å²) in [5.41, 5.74) is -0.221. The molecule has 1 N–H and O–H groups in total. The van der Waals surface area contributed by atoms with Crippen molar-refractivity contribution in [2.45, 2.75) is 18.9 Å². The Kier molecular flexibility index (Phi) is 4.72. The number of amides is 1. The molecule has 9 heteroatoms. The average Bonchev–Trinajstić information content (AvgIpc) is 2.91. The van der Waals surface area contributed by atoms with Gasteiger partial charge in [0.15, 0.2) is 5.82 Å². The molecular formula is C15H13F3N2O3S. The van der Waals surface area contributed by atoms with Gasteiger partial charge in [0.25, 0.3) is 17.9 Å². The zero-order valence-corrected chi connectivity index (χ0v) is 13.1. The summed E-state index contributed by atoms with van der Waals surface area (Å²) in [6.07, 6.45) is -1.80. The zero-order chi connectivity index (χ0) is 17.3. The van der Waals surface area contributed by atoms with Crippen molar-refractivity contribution in [1.29, 1.82) is 0 Å². The van der Waals surface area contributed by atoms with Crippen molar-refractivity contribution < 1.29 is 22.7 Å². The topological polar surface area (TPSA) is 60.3 Å². The van der Waals surface area contributed by atoms with Gasteiger partial charge in [-0.15, -0.1) is 11.3 Å². The van der Waals surface area contributed by atoms with Crippen molar-refractivity contribution in [2.75, 3.05) is 18.5 Å². The van der Waals surface area contributed by atoms with Crippen LogP contribution in [0.1, 0.15) is 21.2 Å². The lowest BCUT2D eigenvalue weighted by Gasteiger charge is -2.24. The Morgan fingerprint density at radius 2 is 2.17 bits per heavy atom. The smallest absolute Gasteiger partial charge is 0.286 e. The lowest BCUT2D eigenvalue weighted by Crippen LogP contribution is -2.26. The van der Waals surface area contributed by atoms with Gasteiger partial charge in [-0.2, -0.15) is 0 Å². The van der Waals surface area contributed by atoms with E-state index in [4.69, 9.17) is 4.74 Å². The number of nitrogens with zero attached hydrogens (tertiary/aromatic N) is 1. The Hall–Kier alpha value is -2.13. The summed E-state index contributed by atoms with van der Waals surface area (Å²) in [5, 5.41) is 4.27. The number of alkyl halides is 2. The number of hydrogen-bond acceptors (Lipinski definition) is 4. The van der Waals surface area contributed by atoms with Gasteiger partial charge in [0, 0.05) is 18.2 Å². The number of carbonyl (C=O) groups is 1. The van der Waals surface area contributed by atoms with Crippen LogP contribution in [0, 0.1) is 5.82 Å². The number of ether oxygens (including phenoxy) is 1. The van der Waals surface area contributed by atoms with E-state index in [1.54, 1.807) is 6.07 Å². The van der Waals surface area contributed by atoms with Gasteiger partial charge in [-0.05, 0) is 17.0 Å². The van der Waals surface area contributed by atoms with Gasteiger partial charge in [-0.25, -0.2) is 13.2 Å². The highest BCUT2D eigenvalue weighted by Crippen LogP contribution is 2.28. The first-order valence-corrected chi connectivity index (χ1v) is 7.97. The van der Waals surface area contributed by atoms with Crippen molar-refractivity contribution >= 4 is 22.9 Å². The molecule has 5 nitrogen and oxygen atoms in total. The van der Waals surface area contributed by atoms with Crippen LogP contribution in [0.5, 0.6) is 0 Å².